The number of nitrogens with zero attached hydrogens (tertiary/aromatic N) is 3. The zero-order valence-corrected chi connectivity index (χ0v) is 15.4. The second-order valence-corrected chi connectivity index (χ2v) is 7.21. The van der Waals surface area contributed by atoms with Gasteiger partial charge in [-0.2, -0.15) is 0 Å². The van der Waals surface area contributed by atoms with Crippen LogP contribution in [0.3, 0.4) is 0 Å². The Morgan fingerprint density at radius 2 is 1.85 bits per heavy atom. The molecular weight excluding hydrogens is 368 g/mol. The van der Waals surface area contributed by atoms with Gasteiger partial charge in [0.05, 0.1) is 0 Å². The number of anilines is 1. The third-order valence-corrected chi connectivity index (χ3v) is 5.06. The standard InChI is InChI=1S/C19H19ClN4O3/c20-16-9-10-17(23-22-16)27-14-7-5-13(6-8-14)21-18(25)19(26)24-11-1-2-15(24)12-3-4-12/h5-10,12,15H,1-4,11H2,(H,21,25). The molecule has 27 heavy (non-hydrogen) atoms. The molecule has 2 heterocycles. The summed E-state index contributed by atoms with van der Waals surface area (Å²) in [7, 11) is 0. The van der Waals surface area contributed by atoms with Gasteiger partial charge in [0.15, 0.2) is 5.15 Å². The van der Waals surface area contributed by atoms with Gasteiger partial charge < -0.3 is 15.0 Å². The van der Waals surface area contributed by atoms with Crippen molar-refractivity contribution in [3.05, 3.63) is 41.6 Å². The molecule has 2 aromatic rings. The monoisotopic (exact) mass is 386 g/mol. The molecule has 1 aliphatic heterocycles. The summed E-state index contributed by atoms with van der Waals surface area (Å²) in [5.41, 5.74) is 0.532. The average molecular weight is 387 g/mol. The summed E-state index contributed by atoms with van der Waals surface area (Å²) >= 11 is 5.69. The van der Waals surface area contributed by atoms with E-state index in [1.54, 1.807) is 41.3 Å². The lowest BCUT2D eigenvalue weighted by Crippen LogP contribution is -2.43. The summed E-state index contributed by atoms with van der Waals surface area (Å²) in [4.78, 5) is 26.6. The molecule has 0 spiro atoms. The van der Waals surface area contributed by atoms with E-state index in [0.29, 0.717) is 29.8 Å². The number of rotatable bonds is 4. The lowest BCUT2D eigenvalue weighted by molar-refractivity contribution is -0.144. The van der Waals surface area contributed by atoms with E-state index in [-0.39, 0.29) is 11.2 Å². The Morgan fingerprint density at radius 1 is 1.07 bits per heavy atom. The molecule has 0 bridgehead atoms. The van der Waals surface area contributed by atoms with Crippen LogP contribution in [0.4, 0.5) is 5.69 Å². The summed E-state index contributed by atoms with van der Waals surface area (Å²) in [5.74, 6) is 0.383. The van der Waals surface area contributed by atoms with Crippen molar-refractivity contribution < 1.29 is 14.3 Å². The number of carbonyl (C=O) groups is 2. The van der Waals surface area contributed by atoms with E-state index in [1.807, 2.05) is 0 Å². The molecule has 2 aliphatic rings. The average Bonchev–Trinajstić information content (AvgIpc) is 3.41. The number of hydrogen-bond acceptors (Lipinski definition) is 5. The Kier molecular flexibility index (Phi) is 4.94. The summed E-state index contributed by atoms with van der Waals surface area (Å²) < 4.78 is 5.55. The molecule has 1 N–H and O–H groups in total. The normalized spacial score (nSPS) is 19.0. The van der Waals surface area contributed by atoms with Gasteiger partial charge in [-0.3, -0.25) is 9.59 Å². The molecule has 1 aromatic carbocycles. The van der Waals surface area contributed by atoms with Gasteiger partial charge in [0.25, 0.3) is 0 Å². The number of ether oxygens (including phenoxy) is 1. The zero-order valence-electron chi connectivity index (χ0n) is 14.6. The van der Waals surface area contributed by atoms with E-state index >= 15 is 0 Å². The maximum atomic E-state index is 12.5. The lowest BCUT2D eigenvalue weighted by Gasteiger charge is -2.23. The van der Waals surface area contributed by atoms with Crippen molar-refractivity contribution in [2.75, 3.05) is 11.9 Å². The minimum Gasteiger partial charge on any atom is -0.438 e. The first-order valence-electron chi connectivity index (χ1n) is 8.99. The first-order valence-corrected chi connectivity index (χ1v) is 9.37. The third kappa shape index (κ3) is 4.19. The smallest absolute Gasteiger partial charge is 0.313 e. The van der Waals surface area contributed by atoms with Gasteiger partial charge in [0.2, 0.25) is 5.88 Å². The lowest BCUT2D eigenvalue weighted by atomic mass is 10.1. The van der Waals surface area contributed by atoms with Crippen molar-refractivity contribution in [2.45, 2.75) is 31.7 Å². The highest BCUT2D eigenvalue weighted by Crippen LogP contribution is 2.40. The highest BCUT2D eigenvalue weighted by atomic mass is 35.5. The van der Waals surface area contributed by atoms with Crippen molar-refractivity contribution in [1.29, 1.82) is 0 Å². The van der Waals surface area contributed by atoms with E-state index in [4.69, 9.17) is 16.3 Å². The van der Waals surface area contributed by atoms with Crippen LogP contribution in [0.25, 0.3) is 0 Å². The Bertz CT molecular complexity index is 837. The predicted molar refractivity (Wildman–Crippen MR) is 99.6 cm³/mol. The second-order valence-electron chi connectivity index (χ2n) is 6.82. The van der Waals surface area contributed by atoms with E-state index in [9.17, 15) is 9.59 Å². The van der Waals surface area contributed by atoms with Crippen LogP contribution in [0.5, 0.6) is 11.6 Å². The first kappa shape index (κ1) is 17.7. The van der Waals surface area contributed by atoms with Crippen molar-refractivity contribution >= 4 is 29.1 Å². The molecular formula is C19H19ClN4O3. The van der Waals surface area contributed by atoms with Gasteiger partial charge in [-0.1, -0.05) is 11.6 Å². The number of carbonyl (C=O) groups excluding carboxylic acids is 2. The molecule has 7 nitrogen and oxygen atoms in total. The number of halogens is 1. The number of benzene rings is 1. The molecule has 2 amide bonds. The Hall–Kier alpha value is -2.67. The maximum Gasteiger partial charge on any atom is 0.313 e. The Morgan fingerprint density at radius 3 is 2.52 bits per heavy atom. The van der Waals surface area contributed by atoms with Gasteiger partial charge in [0, 0.05) is 24.3 Å². The molecule has 8 heteroatoms. The summed E-state index contributed by atoms with van der Waals surface area (Å²) in [6, 6.07) is 10.1. The van der Waals surface area contributed by atoms with Gasteiger partial charge in [-0.15, -0.1) is 10.2 Å². The van der Waals surface area contributed by atoms with Crippen molar-refractivity contribution in [1.82, 2.24) is 15.1 Å². The highest BCUT2D eigenvalue weighted by molar-refractivity contribution is 6.39. The van der Waals surface area contributed by atoms with Gasteiger partial charge in [-0.25, -0.2) is 0 Å². The second kappa shape index (κ2) is 7.52. The van der Waals surface area contributed by atoms with Crippen LogP contribution in [0.2, 0.25) is 5.15 Å². The van der Waals surface area contributed by atoms with E-state index < -0.39 is 11.8 Å². The predicted octanol–water partition coefficient (Wildman–Crippen LogP) is 3.26. The van der Waals surface area contributed by atoms with Crippen LogP contribution < -0.4 is 10.1 Å². The third-order valence-electron chi connectivity index (χ3n) is 4.86. The van der Waals surface area contributed by atoms with Crippen LogP contribution in [0.1, 0.15) is 25.7 Å². The molecule has 4 rings (SSSR count). The summed E-state index contributed by atoms with van der Waals surface area (Å²) in [5, 5.41) is 10.5. The molecule has 1 aliphatic carbocycles. The number of aromatic nitrogens is 2. The summed E-state index contributed by atoms with van der Waals surface area (Å²) in [6.45, 7) is 0.669. The Labute approximate surface area is 161 Å². The maximum absolute atomic E-state index is 12.5. The molecule has 1 saturated heterocycles. The Balaban J connectivity index is 1.35. The van der Waals surface area contributed by atoms with Crippen molar-refractivity contribution in [3.63, 3.8) is 0 Å². The molecule has 140 valence electrons. The van der Waals surface area contributed by atoms with Gasteiger partial charge >= 0.3 is 11.8 Å². The van der Waals surface area contributed by atoms with Gasteiger partial charge in [-0.05, 0) is 61.9 Å². The first-order chi connectivity index (χ1) is 13.1. The fourth-order valence-electron chi connectivity index (χ4n) is 3.42. The van der Waals surface area contributed by atoms with Crippen molar-refractivity contribution in [2.24, 2.45) is 5.92 Å². The minimum absolute atomic E-state index is 0.236. The molecule has 1 atom stereocenters. The van der Waals surface area contributed by atoms with Gasteiger partial charge in [0.1, 0.15) is 5.75 Å². The topological polar surface area (TPSA) is 84.4 Å². The highest BCUT2D eigenvalue weighted by Gasteiger charge is 2.41. The van der Waals surface area contributed by atoms with Crippen LogP contribution in [0, 0.1) is 5.92 Å². The fourth-order valence-corrected chi connectivity index (χ4v) is 3.52. The number of nitrogens with one attached hydrogen (secondary N) is 1. The number of amides is 2. The summed E-state index contributed by atoms with van der Waals surface area (Å²) in [6.07, 6.45) is 4.30. The molecule has 1 unspecified atom stereocenters. The molecule has 1 saturated carbocycles. The SMILES string of the molecule is O=C(Nc1ccc(Oc2ccc(Cl)nn2)cc1)C(=O)N1CCCC1C1CC1. The van der Waals surface area contributed by atoms with E-state index in [1.165, 1.54) is 0 Å². The van der Waals surface area contributed by atoms with Crippen LogP contribution in [-0.2, 0) is 9.59 Å². The largest absolute Gasteiger partial charge is 0.438 e. The number of likely N-dealkylation sites (tertiary alicyclic amines) is 1. The fraction of sp³-hybridized carbons (Fsp3) is 0.368. The van der Waals surface area contributed by atoms with Crippen LogP contribution in [0.15, 0.2) is 36.4 Å². The minimum atomic E-state index is -0.597. The van der Waals surface area contributed by atoms with Crippen LogP contribution >= 0.6 is 11.6 Å². The number of hydrogen-bond donors (Lipinski definition) is 1. The van der Waals surface area contributed by atoms with E-state index in [0.717, 1.165) is 25.7 Å². The van der Waals surface area contributed by atoms with Crippen LogP contribution in [-0.4, -0.2) is 39.5 Å². The van der Waals surface area contributed by atoms with Crippen molar-refractivity contribution in [3.8, 4) is 11.6 Å². The quantitative estimate of drug-likeness (QED) is 0.815. The zero-order chi connectivity index (χ0) is 18.8. The molecule has 2 fully saturated rings. The molecule has 0 radical (unpaired) electrons. The molecule has 1 aromatic heterocycles. The van der Waals surface area contributed by atoms with E-state index in [2.05, 4.69) is 15.5 Å².